The molecule has 2 amide bonds. The Morgan fingerprint density at radius 1 is 0.529 bits per heavy atom. The zero-order valence-corrected chi connectivity index (χ0v) is 17.8. The Morgan fingerprint density at radius 2 is 0.853 bits per heavy atom. The van der Waals surface area contributed by atoms with Gasteiger partial charge in [0.2, 0.25) is 0 Å². The summed E-state index contributed by atoms with van der Waals surface area (Å²) in [6.45, 7) is 2.62. The summed E-state index contributed by atoms with van der Waals surface area (Å²) in [5.74, 6) is -11.8. The van der Waals surface area contributed by atoms with E-state index in [0.717, 1.165) is 0 Å². The topological polar surface area (TPSA) is 92.3 Å². The molecule has 0 aliphatic rings. The van der Waals surface area contributed by atoms with Crippen LogP contribution in [0.5, 0.6) is 0 Å². The van der Waals surface area contributed by atoms with Crippen LogP contribution >= 0.6 is 0 Å². The Kier molecular flexibility index (Phi) is 6.90. The van der Waals surface area contributed by atoms with Crippen molar-refractivity contribution in [1.82, 2.24) is 0 Å². The predicted octanol–water partition coefficient (Wildman–Crippen LogP) is 5.15. The van der Waals surface area contributed by atoms with Crippen LogP contribution in [0.1, 0.15) is 55.3 Å². The van der Waals surface area contributed by atoms with Gasteiger partial charge in [0.1, 0.15) is 11.1 Å². The van der Waals surface area contributed by atoms with Gasteiger partial charge in [0.05, 0.1) is 0 Å². The van der Waals surface area contributed by atoms with Gasteiger partial charge in [0.15, 0.2) is 34.8 Å². The highest BCUT2D eigenvalue weighted by molar-refractivity contribution is 6.09. The number of carbonyl (C=O) groups is 4. The SMILES string of the molecule is CC(=O)c1ccc(NC(=O)c2c(F)c(F)c(F)c(C(=O)Nc3ccc(C(C)=O)cc3)c2F)cc1. The summed E-state index contributed by atoms with van der Waals surface area (Å²) >= 11 is 0. The van der Waals surface area contributed by atoms with Crippen molar-refractivity contribution < 1.29 is 36.7 Å². The van der Waals surface area contributed by atoms with E-state index in [-0.39, 0.29) is 22.9 Å². The average molecular weight is 472 g/mol. The molecule has 0 heterocycles. The van der Waals surface area contributed by atoms with Crippen molar-refractivity contribution in [2.75, 3.05) is 10.6 Å². The third-order valence-electron chi connectivity index (χ3n) is 4.82. The first-order valence-electron chi connectivity index (χ1n) is 9.72. The number of halogens is 4. The van der Waals surface area contributed by atoms with Gasteiger partial charge in [-0.15, -0.1) is 0 Å². The van der Waals surface area contributed by atoms with Crippen LogP contribution in [0.4, 0.5) is 28.9 Å². The van der Waals surface area contributed by atoms with E-state index in [9.17, 15) is 36.7 Å². The van der Waals surface area contributed by atoms with Gasteiger partial charge in [-0.1, -0.05) is 0 Å². The Morgan fingerprint density at radius 3 is 1.15 bits per heavy atom. The van der Waals surface area contributed by atoms with Crippen molar-refractivity contribution >= 4 is 34.8 Å². The molecule has 0 bridgehead atoms. The number of Topliss-reactive ketones (excluding diaryl/α,β-unsaturated/α-hetero) is 2. The zero-order valence-electron chi connectivity index (χ0n) is 17.8. The monoisotopic (exact) mass is 472 g/mol. The summed E-state index contributed by atoms with van der Waals surface area (Å²) in [7, 11) is 0. The number of hydrogen-bond acceptors (Lipinski definition) is 4. The molecule has 10 heteroatoms. The normalized spacial score (nSPS) is 10.5. The highest BCUT2D eigenvalue weighted by atomic mass is 19.2. The number of carbonyl (C=O) groups excluding carboxylic acids is 4. The molecule has 0 aliphatic carbocycles. The van der Waals surface area contributed by atoms with Crippen molar-refractivity contribution in [1.29, 1.82) is 0 Å². The van der Waals surface area contributed by atoms with Gasteiger partial charge in [0.25, 0.3) is 11.8 Å². The largest absolute Gasteiger partial charge is 0.322 e. The standard InChI is InChI=1S/C24H16F4N2O4/c1-11(31)13-3-7-15(8-4-13)29-23(33)17-19(25)18(21(27)22(28)20(17)26)24(34)30-16-9-5-14(6-10-16)12(2)32/h3-10H,1-2H3,(H,29,33)(H,30,34). The molecule has 0 unspecified atom stereocenters. The predicted molar refractivity (Wildman–Crippen MR) is 115 cm³/mol. The molecule has 0 spiro atoms. The molecule has 6 nitrogen and oxygen atoms in total. The maximum atomic E-state index is 15.0. The van der Waals surface area contributed by atoms with E-state index in [4.69, 9.17) is 0 Å². The third kappa shape index (κ3) is 4.85. The molecule has 0 radical (unpaired) electrons. The minimum atomic E-state index is -2.21. The van der Waals surface area contributed by atoms with Gasteiger partial charge in [0, 0.05) is 22.5 Å². The number of hydrogen-bond donors (Lipinski definition) is 2. The molecular formula is C24H16F4N2O4. The van der Waals surface area contributed by atoms with Crippen molar-refractivity contribution in [3.8, 4) is 0 Å². The fourth-order valence-electron chi connectivity index (χ4n) is 3.00. The average Bonchev–Trinajstić information content (AvgIpc) is 2.78. The number of benzene rings is 3. The number of rotatable bonds is 6. The molecule has 3 aromatic rings. The van der Waals surface area contributed by atoms with Crippen molar-refractivity contribution in [2.24, 2.45) is 0 Å². The molecule has 0 saturated carbocycles. The lowest BCUT2D eigenvalue weighted by atomic mass is 10.0. The first-order chi connectivity index (χ1) is 16.0. The molecular weight excluding hydrogens is 456 g/mol. The summed E-state index contributed by atoms with van der Waals surface area (Å²) in [5.41, 5.74) is -2.39. The van der Waals surface area contributed by atoms with Crippen LogP contribution in [0.25, 0.3) is 0 Å². The maximum absolute atomic E-state index is 15.0. The number of nitrogens with one attached hydrogen (secondary N) is 2. The van der Waals surface area contributed by atoms with E-state index < -0.39 is 46.2 Å². The minimum absolute atomic E-state index is 0.00935. The van der Waals surface area contributed by atoms with E-state index in [0.29, 0.717) is 11.1 Å². The zero-order chi connectivity index (χ0) is 25.2. The Labute approximate surface area is 190 Å². The quantitative estimate of drug-likeness (QED) is 0.225. The van der Waals surface area contributed by atoms with E-state index >= 15 is 0 Å². The molecule has 174 valence electrons. The maximum Gasteiger partial charge on any atom is 0.261 e. The number of amides is 2. The second kappa shape index (κ2) is 9.65. The lowest BCUT2D eigenvalue weighted by Gasteiger charge is -2.13. The van der Waals surface area contributed by atoms with Crippen LogP contribution in [-0.2, 0) is 0 Å². The van der Waals surface area contributed by atoms with Gasteiger partial charge >= 0.3 is 0 Å². The Bertz CT molecular complexity index is 1220. The molecule has 0 aliphatic heterocycles. The van der Waals surface area contributed by atoms with Crippen LogP contribution in [-0.4, -0.2) is 23.4 Å². The highest BCUT2D eigenvalue weighted by Gasteiger charge is 2.32. The summed E-state index contributed by atoms with van der Waals surface area (Å²) in [6.07, 6.45) is 0. The van der Waals surface area contributed by atoms with E-state index in [2.05, 4.69) is 10.6 Å². The lowest BCUT2D eigenvalue weighted by molar-refractivity contribution is 0.0997. The second-order valence-corrected chi connectivity index (χ2v) is 7.18. The van der Waals surface area contributed by atoms with Crippen LogP contribution in [0, 0.1) is 23.3 Å². The molecule has 34 heavy (non-hydrogen) atoms. The third-order valence-corrected chi connectivity index (χ3v) is 4.82. The van der Waals surface area contributed by atoms with Crippen LogP contribution < -0.4 is 10.6 Å². The highest BCUT2D eigenvalue weighted by Crippen LogP contribution is 2.26. The molecule has 3 rings (SSSR count). The smallest absolute Gasteiger partial charge is 0.261 e. The fourth-order valence-corrected chi connectivity index (χ4v) is 3.00. The van der Waals surface area contributed by atoms with Gasteiger partial charge < -0.3 is 10.6 Å². The molecule has 0 saturated heterocycles. The Balaban J connectivity index is 1.94. The first-order valence-corrected chi connectivity index (χ1v) is 9.72. The first kappa shape index (κ1) is 24.3. The van der Waals surface area contributed by atoms with Gasteiger partial charge in [-0.2, -0.15) is 0 Å². The fraction of sp³-hybridized carbons (Fsp3) is 0.0833. The second-order valence-electron chi connectivity index (χ2n) is 7.18. The molecule has 0 fully saturated rings. The van der Waals surface area contributed by atoms with Gasteiger partial charge in [-0.05, 0) is 62.4 Å². The van der Waals surface area contributed by atoms with Crippen LogP contribution in [0.2, 0.25) is 0 Å². The molecule has 0 atom stereocenters. The minimum Gasteiger partial charge on any atom is -0.322 e. The summed E-state index contributed by atoms with van der Waals surface area (Å²) in [6, 6.07) is 10.4. The molecule has 2 N–H and O–H groups in total. The van der Waals surface area contributed by atoms with Gasteiger partial charge in [-0.3, -0.25) is 19.2 Å². The van der Waals surface area contributed by atoms with E-state index in [1.165, 1.54) is 62.4 Å². The van der Waals surface area contributed by atoms with E-state index in [1.807, 2.05) is 0 Å². The van der Waals surface area contributed by atoms with E-state index in [1.54, 1.807) is 0 Å². The van der Waals surface area contributed by atoms with Gasteiger partial charge in [-0.25, -0.2) is 17.6 Å². The van der Waals surface area contributed by atoms with Crippen molar-refractivity contribution in [3.05, 3.63) is 94.1 Å². The van der Waals surface area contributed by atoms with Crippen LogP contribution in [0.15, 0.2) is 48.5 Å². The summed E-state index contributed by atoms with van der Waals surface area (Å²) < 4.78 is 57.8. The molecule has 3 aromatic carbocycles. The summed E-state index contributed by atoms with van der Waals surface area (Å²) in [4.78, 5) is 47.6. The molecule has 0 aromatic heterocycles. The number of anilines is 2. The van der Waals surface area contributed by atoms with Crippen molar-refractivity contribution in [3.63, 3.8) is 0 Å². The Hall–Kier alpha value is -4.34. The number of ketones is 2. The van der Waals surface area contributed by atoms with Crippen LogP contribution in [0.3, 0.4) is 0 Å². The summed E-state index contributed by atoms with van der Waals surface area (Å²) in [5, 5.41) is 4.20. The lowest BCUT2D eigenvalue weighted by Crippen LogP contribution is -2.24. The van der Waals surface area contributed by atoms with Crippen molar-refractivity contribution in [2.45, 2.75) is 13.8 Å².